The maximum Gasteiger partial charge on any atom is 0.307 e. The Hall–Kier alpha value is -1.36. The lowest BCUT2D eigenvalue weighted by atomic mass is 9.94. The maximum atomic E-state index is 12.8. The van der Waals surface area contributed by atoms with Gasteiger partial charge in [-0.05, 0) is 42.2 Å². The molecule has 1 aliphatic heterocycles. The average Bonchev–Trinajstić information content (AvgIpc) is 3.11. The summed E-state index contributed by atoms with van der Waals surface area (Å²) in [6.45, 7) is 3.46. The van der Waals surface area contributed by atoms with Crippen molar-refractivity contribution in [2.24, 2.45) is 17.8 Å². The molecule has 1 amide bonds. The third-order valence-electron chi connectivity index (χ3n) is 4.99. The number of aliphatic carboxylic acids is 1. The van der Waals surface area contributed by atoms with Crippen LogP contribution in [0.2, 0.25) is 0 Å². The van der Waals surface area contributed by atoms with Gasteiger partial charge in [0, 0.05) is 18.0 Å². The Bertz CT molecular complexity index is 553. The highest BCUT2D eigenvalue weighted by Crippen LogP contribution is 2.40. The van der Waals surface area contributed by atoms with E-state index < -0.39 is 11.9 Å². The summed E-state index contributed by atoms with van der Waals surface area (Å²) < 4.78 is 0. The summed E-state index contributed by atoms with van der Waals surface area (Å²) in [5, 5.41) is 11.5. The van der Waals surface area contributed by atoms with Gasteiger partial charge in [-0.2, -0.15) is 0 Å². The first-order valence-corrected chi connectivity index (χ1v) is 8.55. The lowest BCUT2D eigenvalue weighted by Crippen LogP contribution is -2.41. The van der Waals surface area contributed by atoms with E-state index in [2.05, 4.69) is 18.4 Å². The molecule has 1 saturated carbocycles. The highest BCUT2D eigenvalue weighted by Gasteiger charge is 2.43. The minimum Gasteiger partial charge on any atom is -0.481 e. The zero-order valence-electron chi connectivity index (χ0n) is 12.2. The van der Waals surface area contributed by atoms with Crippen molar-refractivity contribution in [3.63, 3.8) is 0 Å². The number of fused-ring (bicyclic) bond motifs is 1. The van der Waals surface area contributed by atoms with Gasteiger partial charge in [0.05, 0.1) is 11.8 Å². The quantitative estimate of drug-likeness (QED) is 0.934. The predicted octanol–water partition coefficient (Wildman–Crippen LogP) is 2.77. The number of hydrogen-bond acceptors (Lipinski definition) is 3. The molecule has 1 fully saturated rings. The second kappa shape index (κ2) is 5.79. The Morgan fingerprint density at radius 2 is 2.14 bits per heavy atom. The lowest BCUT2D eigenvalue weighted by molar-refractivity contribution is -0.149. The minimum atomic E-state index is -0.808. The van der Waals surface area contributed by atoms with Crippen LogP contribution in [0.15, 0.2) is 11.4 Å². The molecule has 0 saturated heterocycles. The largest absolute Gasteiger partial charge is 0.481 e. The van der Waals surface area contributed by atoms with Gasteiger partial charge in [-0.3, -0.25) is 9.59 Å². The fourth-order valence-corrected chi connectivity index (χ4v) is 4.58. The van der Waals surface area contributed by atoms with Crippen LogP contribution in [0.1, 0.15) is 36.6 Å². The fraction of sp³-hybridized carbons (Fsp3) is 0.625. The van der Waals surface area contributed by atoms with Crippen LogP contribution in [0.25, 0.3) is 0 Å². The second-order valence-corrected chi connectivity index (χ2v) is 7.18. The monoisotopic (exact) mass is 307 g/mol. The van der Waals surface area contributed by atoms with Crippen molar-refractivity contribution in [1.29, 1.82) is 0 Å². The van der Waals surface area contributed by atoms with E-state index in [0.717, 1.165) is 25.8 Å². The molecule has 21 heavy (non-hydrogen) atoms. The van der Waals surface area contributed by atoms with Crippen LogP contribution in [0, 0.1) is 17.8 Å². The SMILES string of the molecule is CCC1C[C@H](C(=O)N2CCc3sccc3C2)[C@H](C(=O)O)C1. The van der Waals surface area contributed by atoms with Gasteiger partial charge in [-0.15, -0.1) is 11.3 Å². The van der Waals surface area contributed by atoms with Crippen LogP contribution in [0.4, 0.5) is 0 Å². The van der Waals surface area contributed by atoms with E-state index in [0.29, 0.717) is 18.9 Å². The molecule has 4 nitrogen and oxygen atoms in total. The molecule has 1 aromatic rings. The van der Waals surface area contributed by atoms with Crippen molar-refractivity contribution in [2.75, 3.05) is 6.54 Å². The summed E-state index contributed by atoms with van der Waals surface area (Å²) in [6, 6.07) is 2.08. The van der Waals surface area contributed by atoms with Crippen LogP contribution in [0.5, 0.6) is 0 Å². The third kappa shape index (κ3) is 2.71. The molecule has 0 aromatic carbocycles. The standard InChI is InChI=1S/C16H21NO3S/c1-2-10-7-12(13(8-10)16(19)20)15(18)17-5-3-14-11(9-17)4-6-21-14/h4,6,10,12-13H,2-3,5,7-9H2,1H3,(H,19,20)/t10?,12-,13+/m0/s1. The molecule has 1 N–H and O–H groups in total. The van der Waals surface area contributed by atoms with Gasteiger partial charge in [0.25, 0.3) is 0 Å². The molecule has 3 atom stereocenters. The van der Waals surface area contributed by atoms with E-state index in [1.165, 1.54) is 10.4 Å². The van der Waals surface area contributed by atoms with Crippen molar-refractivity contribution in [3.05, 3.63) is 21.9 Å². The van der Waals surface area contributed by atoms with Gasteiger partial charge in [0.2, 0.25) is 5.91 Å². The van der Waals surface area contributed by atoms with Crippen molar-refractivity contribution < 1.29 is 14.7 Å². The Morgan fingerprint density at radius 1 is 1.38 bits per heavy atom. The number of thiophene rings is 1. The molecule has 0 radical (unpaired) electrons. The molecule has 2 aliphatic rings. The first-order chi connectivity index (χ1) is 10.1. The first-order valence-electron chi connectivity index (χ1n) is 7.67. The first kappa shape index (κ1) is 14.6. The number of carbonyl (C=O) groups is 2. The van der Waals surface area contributed by atoms with E-state index >= 15 is 0 Å². The van der Waals surface area contributed by atoms with Crippen LogP contribution in [-0.2, 0) is 22.6 Å². The molecule has 1 aliphatic carbocycles. The van der Waals surface area contributed by atoms with E-state index in [-0.39, 0.29) is 11.8 Å². The molecule has 3 rings (SSSR count). The molecule has 5 heteroatoms. The topological polar surface area (TPSA) is 57.6 Å². The number of rotatable bonds is 3. The van der Waals surface area contributed by atoms with E-state index in [1.807, 2.05) is 4.90 Å². The highest BCUT2D eigenvalue weighted by atomic mass is 32.1. The highest BCUT2D eigenvalue weighted by molar-refractivity contribution is 7.10. The van der Waals surface area contributed by atoms with E-state index in [4.69, 9.17) is 0 Å². The summed E-state index contributed by atoms with van der Waals surface area (Å²) >= 11 is 1.75. The van der Waals surface area contributed by atoms with Gasteiger partial charge < -0.3 is 10.0 Å². The number of carboxylic acids is 1. The van der Waals surface area contributed by atoms with Crippen molar-refractivity contribution >= 4 is 23.2 Å². The molecule has 0 spiro atoms. The number of amides is 1. The normalized spacial score (nSPS) is 28.4. The minimum absolute atomic E-state index is 0.0511. The van der Waals surface area contributed by atoms with Crippen molar-refractivity contribution in [2.45, 2.75) is 39.2 Å². The van der Waals surface area contributed by atoms with Gasteiger partial charge in [0.1, 0.15) is 0 Å². The zero-order chi connectivity index (χ0) is 15.0. The Balaban J connectivity index is 1.74. The summed E-state index contributed by atoms with van der Waals surface area (Å²) in [5.74, 6) is -1.20. The third-order valence-corrected chi connectivity index (χ3v) is 6.01. The van der Waals surface area contributed by atoms with Crippen LogP contribution in [-0.4, -0.2) is 28.4 Å². The van der Waals surface area contributed by atoms with Crippen LogP contribution >= 0.6 is 11.3 Å². The summed E-state index contributed by atoms with van der Waals surface area (Å²) in [7, 11) is 0. The van der Waals surface area contributed by atoms with Crippen LogP contribution in [0.3, 0.4) is 0 Å². The summed E-state index contributed by atoms with van der Waals surface area (Å²) in [5.41, 5.74) is 1.23. The van der Waals surface area contributed by atoms with Gasteiger partial charge >= 0.3 is 5.97 Å². The molecule has 0 bridgehead atoms. The van der Waals surface area contributed by atoms with Crippen molar-refractivity contribution in [1.82, 2.24) is 4.90 Å². The Labute approximate surface area is 128 Å². The molecule has 114 valence electrons. The molecule has 1 unspecified atom stereocenters. The fourth-order valence-electron chi connectivity index (χ4n) is 3.69. The molecule has 1 aromatic heterocycles. The average molecular weight is 307 g/mol. The van der Waals surface area contributed by atoms with Crippen LogP contribution < -0.4 is 0 Å². The maximum absolute atomic E-state index is 12.8. The molecular weight excluding hydrogens is 286 g/mol. The molecule has 2 heterocycles. The number of carbonyl (C=O) groups excluding carboxylic acids is 1. The lowest BCUT2D eigenvalue weighted by Gasteiger charge is -2.30. The van der Waals surface area contributed by atoms with Crippen molar-refractivity contribution in [3.8, 4) is 0 Å². The Kier molecular flexibility index (Phi) is 4.02. The molecular formula is C16H21NO3S. The number of carboxylic acid groups (broad SMARTS) is 1. The number of hydrogen-bond donors (Lipinski definition) is 1. The van der Waals surface area contributed by atoms with E-state index in [9.17, 15) is 14.7 Å². The van der Waals surface area contributed by atoms with Gasteiger partial charge in [-0.25, -0.2) is 0 Å². The number of nitrogens with zero attached hydrogens (tertiary/aromatic N) is 1. The van der Waals surface area contributed by atoms with Gasteiger partial charge in [-0.1, -0.05) is 13.3 Å². The smallest absolute Gasteiger partial charge is 0.307 e. The zero-order valence-corrected chi connectivity index (χ0v) is 13.1. The van der Waals surface area contributed by atoms with E-state index in [1.54, 1.807) is 11.3 Å². The predicted molar refractivity (Wildman–Crippen MR) is 81.1 cm³/mol. The second-order valence-electron chi connectivity index (χ2n) is 6.18. The van der Waals surface area contributed by atoms with Gasteiger partial charge in [0.15, 0.2) is 0 Å². The Morgan fingerprint density at radius 3 is 2.86 bits per heavy atom. The summed E-state index contributed by atoms with van der Waals surface area (Å²) in [4.78, 5) is 27.5. The summed E-state index contributed by atoms with van der Waals surface area (Å²) in [6.07, 6.45) is 3.25.